The zero-order valence-corrected chi connectivity index (χ0v) is 12.0. The maximum Gasteiger partial charge on any atom is 0.220 e. The van der Waals surface area contributed by atoms with Crippen molar-refractivity contribution >= 4 is 5.91 Å². The average molecular weight is 278 g/mol. The first-order valence-electron chi connectivity index (χ1n) is 7.41. The fraction of sp³-hybridized carbons (Fsp3) is 0.562. The van der Waals surface area contributed by atoms with E-state index in [9.17, 15) is 9.18 Å². The first-order chi connectivity index (χ1) is 9.66. The number of halogens is 1. The van der Waals surface area contributed by atoms with Crippen LogP contribution >= 0.6 is 0 Å². The van der Waals surface area contributed by atoms with Gasteiger partial charge < -0.3 is 10.6 Å². The van der Waals surface area contributed by atoms with Crippen LogP contribution in [0.15, 0.2) is 24.3 Å². The summed E-state index contributed by atoms with van der Waals surface area (Å²) in [6.07, 6.45) is 3.81. The summed E-state index contributed by atoms with van der Waals surface area (Å²) in [6, 6.07) is 6.29. The zero-order chi connectivity index (χ0) is 14.4. The highest BCUT2D eigenvalue weighted by Gasteiger charge is 2.16. The lowest BCUT2D eigenvalue weighted by Crippen LogP contribution is -2.32. The van der Waals surface area contributed by atoms with Crippen molar-refractivity contribution in [1.29, 1.82) is 0 Å². The molecular weight excluding hydrogens is 255 g/mol. The summed E-state index contributed by atoms with van der Waals surface area (Å²) in [5.74, 6) is 0.335. The molecule has 2 atom stereocenters. The molecule has 1 fully saturated rings. The van der Waals surface area contributed by atoms with Crippen molar-refractivity contribution in [3.8, 4) is 0 Å². The summed E-state index contributed by atoms with van der Waals surface area (Å²) in [5, 5.41) is 6.23. The fourth-order valence-electron chi connectivity index (χ4n) is 2.72. The van der Waals surface area contributed by atoms with Gasteiger partial charge >= 0.3 is 0 Å². The molecule has 1 amide bonds. The largest absolute Gasteiger partial charge is 0.349 e. The van der Waals surface area contributed by atoms with Crippen LogP contribution in [-0.4, -0.2) is 19.0 Å². The molecule has 0 aromatic heterocycles. The predicted molar refractivity (Wildman–Crippen MR) is 77.8 cm³/mol. The average Bonchev–Trinajstić information content (AvgIpc) is 2.46. The number of rotatable bonds is 5. The molecule has 1 aliphatic rings. The minimum Gasteiger partial charge on any atom is -0.349 e. The number of amides is 1. The van der Waals surface area contributed by atoms with Crippen molar-refractivity contribution in [2.24, 2.45) is 5.92 Å². The molecule has 0 aliphatic carbocycles. The van der Waals surface area contributed by atoms with Crippen LogP contribution in [0.1, 0.15) is 44.2 Å². The van der Waals surface area contributed by atoms with Gasteiger partial charge in [0.2, 0.25) is 5.91 Å². The number of piperidine rings is 1. The van der Waals surface area contributed by atoms with Crippen molar-refractivity contribution in [1.82, 2.24) is 10.6 Å². The van der Waals surface area contributed by atoms with Crippen LogP contribution in [0.25, 0.3) is 0 Å². The maximum absolute atomic E-state index is 13.6. The van der Waals surface area contributed by atoms with Gasteiger partial charge in [-0.1, -0.05) is 18.2 Å². The van der Waals surface area contributed by atoms with Gasteiger partial charge in [-0.25, -0.2) is 4.39 Å². The maximum atomic E-state index is 13.6. The Bertz CT molecular complexity index is 444. The minimum atomic E-state index is -0.284. The Labute approximate surface area is 120 Å². The SMILES string of the molecule is C[C@@H](NC(=O)CCC1CCCNC1)c1ccccc1F. The Morgan fingerprint density at radius 2 is 2.30 bits per heavy atom. The monoisotopic (exact) mass is 278 g/mol. The fourth-order valence-corrected chi connectivity index (χ4v) is 2.72. The van der Waals surface area contributed by atoms with Crippen LogP contribution in [0, 0.1) is 11.7 Å². The Kier molecular flexibility index (Phi) is 5.53. The molecule has 0 radical (unpaired) electrons. The number of nitrogens with one attached hydrogen (secondary N) is 2. The predicted octanol–water partition coefficient (Wildman–Crippen LogP) is 2.78. The van der Waals surface area contributed by atoms with Crippen molar-refractivity contribution in [3.05, 3.63) is 35.6 Å². The first kappa shape index (κ1) is 15.0. The Morgan fingerprint density at radius 1 is 1.50 bits per heavy atom. The summed E-state index contributed by atoms with van der Waals surface area (Å²) < 4.78 is 13.6. The molecule has 20 heavy (non-hydrogen) atoms. The smallest absolute Gasteiger partial charge is 0.220 e. The van der Waals surface area contributed by atoms with E-state index in [0.717, 1.165) is 19.5 Å². The van der Waals surface area contributed by atoms with E-state index in [2.05, 4.69) is 10.6 Å². The van der Waals surface area contributed by atoms with Crippen LogP contribution in [0.4, 0.5) is 4.39 Å². The molecule has 1 aliphatic heterocycles. The van der Waals surface area contributed by atoms with Crippen LogP contribution in [0.2, 0.25) is 0 Å². The van der Waals surface area contributed by atoms with Crippen molar-refractivity contribution in [3.63, 3.8) is 0 Å². The number of hydrogen-bond acceptors (Lipinski definition) is 2. The molecule has 2 rings (SSSR count). The van der Waals surface area contributed by atoms with Crippen molar-refractivity contribution in [2.75, 3.05) is 13.1 Å². The topological polar surface area (TPSA) is 41.1 Å². The Hall–Kier alpha value is -1.42. The number of hydrogen-bond donors (Lipinski definition) is 2. The Morgan fingerprint density at radius 3 is 3.00 bits per heavy atom. The lowest BCUT2D eigenvalue weighted by atomic mass is 9.94. The second kappa shape index (κ2) is 7.39. The van der Waals surface area contributed by atoms with E-state index in [1.807, 2.05) is 6.92 Å². The van der Waals surface area contributed by atoms with E-state index in [1.54, 1.807) is 18.2 Å². The highest BCUT2D eigenvalue weighted by molar-refractivity contribution is 5.76. The minimum absolute atomic E-state index is 0.00586. The molecule has 110 valence electrons. The Balaban J connectivity index is 1.77. The number of carbonyl (C=O) groups is 1. The van der Waals surface area contributed by atoms with E-state index < -0.39 is 0 Å². The van der Waals surface area contributed by atoms with Gasteiger partial charge in [-0.3, -0.25) is 4.79 Å². The molecule has 4 heteroatoms. The molecule has 2 N–H and O–H groups in total. The second-order valence-electron chi connectivity index (χ2n) is 5.56. The van der Waals surface area contributed by atoms with Gasteiger partial charge in [0.05, 0.1) is 6.04 Å². The zero-order valence-electron chi connectivity index (χ0n) is 12.0. The van der Waals surface area contributed by atoms with E-state index in [1.165, 1.54) is 18.9 Å². The number of carbonyl (C=O) groups excluding carboxylic acids is 1. The molecule has 1 aromatic rings. The first-order valence-corrected chi connectivity index (χ1v) is 7.41. The molecule has 1 saturated heterocycles. The highest BCUT2D eigenvalue weighted by atomic mass is 19.1. The van der Waals surface area contributed by atoms with E-state index in [-0.39, 0.29) is 17.8 Å². The van der Waals surface area contributed by atoms with Crippen LogP contribution in [0.3, 0.4) is 0 Å². The van der Waals surface area contributed by atoms with Gasteiger partial charge in [0.15, 0.2) is 0 Å². The van der Waals surface area contributed by atoms with Gasteiger partial charge in [0.1, 0.15) is 5.82 Å². The van der Waals surface area contributed by atoms with Gasteiger partial charge in [-0.05, 0) is 51.3 Å². The summed E-state index contributed by atoms with van der Waals surface area (Å²) >= 11 is 0. The van der Waals surface area contributed by atoms with Crippen LogP contribution in [0.5, 0.6) is 0 Å². The lowest BCUT2D eigenvalue weighted by Gasteiger charge is -2.22. The van der Waals surface area contributed by atoms with Crippen LogP contribution in [-0.2, 0) is 4.79 Å². The lowest BCUT2D eigenvalue weighted by molar-refractivity contribution is -0.122. The molecule has 3 nitrogen and oxygen atoms in total. The normalized spacial score (nSPS) is 20.4. The van der Waals surface area contributed by atoms with Crippen molar-refractivity contribution in [2.45, 2.75) is 38.6 Å². The molecule has 0 saturated carbocycles. The van der Waals surface area contributed by atoms with Gasteiger partial charge in [0.25, 0.3) is 0 Å². The summed E-state index contributed by atoms with van der Waals surface area (Å²) in [5.41, 5.74) is 0.542. The van der Waals surface area contributed by atoms with E-state index in [4.69, 9.17) is 0 Å². The molecule has 1 aromatic carbocycles. The second-order valence-corrected chi connectivity index (χ2v) is 5.56. The third kappa shape index (κ3) is 4.30. The van der Waals surface area contributed by atoms with Crippen LogP contribution < -0.4 is 10.6 Å². The van der Waals surface area contributed by atoms with E-state index in [0.29, 0.717) is 17.9 Å². The third-order valence-electron chi connectivity index (χ3n) is 3.93. The quantitative estimate of drug-likeness (QED) is 0.869. The standard InChI is InChI=1S/C16H23FN2O/c1-12(14-6-2-3-7-15(14)17)19-16(20)9-8-13-5-4-10-18-11-13/h2-3,6-7,12-13,18H,4-5,8-11H2,1H3,(H,19,20)/t12-,13?/m1/s1. The summed E-state index contributed by atoms with van der Waals surface area (Å²) in [6.45, 7) is 3.92. The third-order valence-corrected chi connectivity index (χ3v) is 3.93. The van der Waals surface area contributed by atoms with Gasteiger partial charge in [-0.15, -0.1) is 0 Å². The number of benzene rings is 1. The highest BCUT2D eigenvalue weighted by Crippen LogP contribution is 2.18. The molecule has 1 unspecified atom stereocenters. The molecule has 0 bridgehead atoms. The summed E-state index contributed by atoms with van der Waals surface area (Å²) in [7, 11) is 0. The van der Waals surface area contributed by atoms with Gasteiger partial charge in [-0.2, -0.15) is 0 Å². The molecule has 1 heterocycles. The molecule has 0 spiro atoms. The summed E-state index contributed by atoms with van der Waals surface area (Å²) in [4.78, 5) is 11.9. The van der Waals surface area contributed by atoms with Gasteiger partial charge in [0, 0.05) is 12.0 Å². The van der Waals surface area contributed by atoms with Crippen molar-refractivity contribution < 1.29 is 9.18 Å². The van der Waals surface area contributed by atoms with E-state index >= 15 is 0 Å². The molecular formula is C16H23FN2O.